The number of pyridine rings is 1. The molecule has 3 N–H and O–H groups in total. The van der Waals surface area contributed by atoms with Gasteiger partial charge in [0.1, 0.15) is 11.5 Å². The number of amidine groups is 1. The molecule has 20 heavy (non-hydrogen) atoms. The normalized spacial score (nSPS) is 18.1. The van der Waals surface area contributed by atoms with Gasteiger partial charge >= 0.3 is 0 Å². The van der Waals surface area contributed by atoms with Crippen molar-refractivity contribution in [2.75, 3.05) is 32.4 Å². The SMILES string of the molecule is CS(=O)(=O)N1CCN(Cc2ccnc(C(=N)N)c2)CC1. The predicted octanol–water partition coefficient (Wildman–Crippen LogP) is -0.557. The minimum atomic E-state index is -3.09. The third-order valence-corrected chi connectivity index (χ3v) is 4.61. The van der Waals surface area contributed by atoms with Crippen LogP contribution in [0.2, 0.25) is 0 Å². The topological polar surface area (TPSA) is 103 Å². The molecule has 1 fully saturated rings. The molecule has 1 aromatic rings. The number of nitrogens with two attached hydrogens (primary N) is 1. The second-order valence-electron chi connectivity index (χ2n) is 4.90. The average molecular weight is 297 g/mol. The Hall–Kier alpha value is -1.51. The molecule has 8 heteroatoms. The van der Waals surface area contributed by atoms with Crippen molar-refractivity contribution in [1.82, 2.24) is 14.2 Å². The lowest BCUT2D eigenvalue weighted by Gasteiger charge is -2.33. The van der Waals surface area contributed by atoms with Crippen molar-refractivity contribution < 1.29 is 8.42 Å². The summed E-state index contributed by atoms with van der Waals surface area (Å²) in [6, 6.07) is 3.68. The van der Waals surface area contributed by atoms with Gasteiger partial charge in [0.2, 0.25) is 10.0 Å². The molecule has 0 unspecified atom stereocenters. The smallest absolute Gasteiger partial charge is 0.211 e. The van der Waals surface area contributed by atoms with Crippen molar-refractivity contribution in [2.45, 2.75) is 6.54 Å². The highest BCUT2D eigenvalue weighted by Gasteiger charge is 2.23. The second kappa shape index (κ2) is 5.86. The largest absolute Gasteiger partial charge is 0.382 e. The number of aromatic nitrogens is 1. The van der Waals surface area contributed by atoms with Gasteiger partial charge in [-0.2, -0.15) is 4.31 Å². The molecular weight excluding hydrogens is 278 g/mol. The van der Waals surface area contributed by atoms with E-state index in [0.29, 0.717) is 38.4 Å². The Morgan fingerprint density at radius 1 is 1.40 bits per heavy atom. The minimum absolute atomic E-state index is 0.0475. The number of hydrogen-bond acceptors (Lipinski definition) is 5. The second-order valence-corrected chi connectivity index (χ2v) is 6.88. The van der Waals surface area contributed by atoms with Crippen LogP contribution >= 0.6 is 0 Å². The van der Waals surface area contributed by atoms with Crippen molar-refractivity contribution in [3.05, 3.63) is 29.6 Å². The van der Waals surface area contributed by atoms with E-state index in [2.05, 4.69) is 9.88 Å². The van der Waals surface area contributed by atoms with Crippen LogP contribution in [0.15, 0.2) is 18.3 Å². The quantitative estimate of drug-likeness (QED) is 0.573. The lowest BCUT2D eigenvalue weighted by molar-refractivity contribution is 0.182. The van der Waals surface area contributed by atoms with E-state index >= 15 is 0 Å². The zero-order chi connectivity index (χ0) is 14.8. The van der Waals surface area contributed by atoms with Crippen LogP contribution in [0.25, 0.3) is 0 Å². The number of nitrogens with zero attached hydrogens (tertiary/aromatic N) is 3. The molecule has 0 atom stereocenters. The molecule has 0 aromatic carbocycles. The molecule has 0 spiro atoms. The zero-order valence-electron chi connectivity index (χ0n) is 11.4. The van der Waals surface area contributed by atoms with Crippen LogP contribution in [0.3, 0.4) is 0 Å². The molecule has 1 aromatic heterocycles. The van der Waals surface area contributed by atoms with E-state index in [1.165, 1.54) is 10.6 Å². The van der Waals surface area contributed by atoms with E-state index in [9.17, 15) is 8.42 Å². The Balaban J connectivity index is 1.96. The van der Waals surface area contributed by atoms with Crippen LogP contribution < -0.4 is 5.73 Å². The van der Waals surface area contributed by atoms with Gasteiger partial charge < -0.3 is 5.73 Å². The van der Waals surface area contributed by atoms with Crippen LogP contribution in [0.4, 0.5) is 0 Å². The first-order valence-electron chi connectivity index (χ1n) is 6.33. The minimum Gasteiger partial charge on any atom is -0.382 e. The highest BCUT2D eigenvalue weighted by molar-refractivity contribution is 7.88. The van der Waals surface area contributed by atoms with Gasteiger partial charge in [-0.15, -0.1) is 0 Å². The van der Waals surface area contributed by atoms with E-state index in [-0.39, 0.29) is 5.84 Å². The molecule has 2 heterocycles. The van der Waals surface area contributed by atoms with Gasteiger partial charge in [0, 0.05) is 38.9 Å². The lowest BCUT2D eigenvalue weighted by Crippen LogP contribution is -2.47. The van der Waals surface area contributed by atoms with Crippen molar-refractivity contribution in [2.24, 2.45) is 5.73 Å². The average Bonchev–Trinajstić information content (AvgIpc) is 2.38. The third kappa shape index (κ3) is 3.75. The molecule has 7 nitrogen and oxygen atoms in total. The number of piperazine rings is 1. The van der Waals surface area contributed by atoms with Crippen molar-refractivity contribution in [3.8, 4) is 0 Å². The molecule has 1 saturated heterocycles. The summed E-state index contributed by atoms with van der Waals surface area (Å²) in [4.78, 5) is 6.20. The number of rotatable bonds is 4. The first-order chi connectivity index (χ1) is 9.36. The fourth-order valence-corrected chi connectivity index (χ4v) is 3.02. The van der Waals surface area contributed by atoms with E-state index in [0.717, 1.165) is 5.56 Å². The zero-order valence-corrected chi connectivity index (χ0v) is 12.2. The van der Waals surface area contributed by atoms with Gasteiger partial charge in [-0.3, -0.25) is 15.3 Å². The highest BCUT2D eigenvalue weighted by Crippen LogP contribution is 2.11. The maximum atomic E-state index is 11.4. The van der Waals surface area contributed by atoms with E-state index in [1.807, 2.05) is 6.07 Å². The summed E-state index contributed by atoms with van der Waals surface area (Å²) in [5.41, 5.74) is 6.91. The number of sulfonamides is 1. The van der Waals surface area contributed by atoms with Gasteiger partial charge in [-0.1, -0.05) is 0 Å². The van der Waals surface area contributed by atoms with Crippen LogP contribution in [0.1, 0.15) is 11.3 Å². The number of hydrogen-bond donors (Lipinski definition) is 2. The van der Waals surface area contributed by atoms with Gasteiger partial charge in [0.05, 0.1) is 6.26 Å². The molecule has 0 bridgehead atoms. The Morgan fingerprint density at radius 3 is 2.60 bits per heavy atom. The maximum absolute atomic E-state index is 11.4. The first-order valence-corrected chi connectivity index (χ1v) is 8.18. The van der Waals surface area contributed by atoms with Crippen molar-refractivity contribution in [3.63, 3.8) is 0 Å². The fourth-order valence-electron chi connectivity index (χ4n) is 2.20. The van der Waals surface area contributed by atoms with Crippen molar-refractivity contribution in [1.29, 1.82) is 5.41 Å². The predicted molar refractivity (Wildman–Crippen MR) is 76.9 cm³/mol. The summed E-state index contributed by atoms with van der Waals surface area (Å²) >= 11 is 0. The molecule has 0 radical (unpaired) electrons. The molecular formula is C12H19N5O2S. The summed E-state index contributed by atoms with van der Waals surface area (Å²) in [7, 11) is -3.09. The lowest BCUT2D eigenvalue weighted by atomic mass is 10.2. The standard InChI is InChI=1S/C12H19N5O2S/c1-20(18,19)17-6-4-16(5-7-17)9-10-2-3-15-11(8-10)12(13)14/h2-3,8H,4-7,9H2,1H3,(H3,13,14). The Kier molecular flexibility index (Phi) is 4.36. The molecule has 0 amide bonds. The Bertz CT molecular complexity index is 594. The molecule has 1 aliphatic heterocycles. The summed E-state index contributed by atoms with van der Waals surface area (Å²) in [5.74, 6) is -0.0475. The third-order valence-electron chi connectivity index (χ3n) is 3.31. The van der Waals surface area contributed by atoms with Crippen LogP contribution in [0, 0.1) is 5.41 Å². The number of nitrogens with one attached hydrogen (secondary N) is 1. The molecule has 0 saturated carbocycles. The van der Waals surface area contributed by atoms with Crippen LogP contribution in [-0.4, -0.2) is 60.9 Å². The van der Waals surface area contributed by atoms with Gasteiger partial charge in [0.15, 0.2) is 0 Å². The van der Waals surface area contributed by atoms with Crippen molar-refractivity contribution >= 4 is 15.9 Å². The highest BCUT2D eigenvalue weighted by atomic mass is 32.2. The molecule has 1 aliphatic rings. The van der Waals surface area contributed by atoms with Gasteiger partial charge in [-0.25, -0.2) is 8.42 Å². The molecule has 110 valence electrons. The number of nitrogen functional groups attached to an aromatic ring is 1. The monoisotopic (exact) mass is 297 g/mol. The fraction of sp³-hybridized carbons (Fsp3) is 0.500. The van der Waals surface area contributed by atoms with Gasteiger partial charge in [-0.05, 0) is 17.7 Å². The Morgan fingerprint density at radius 2 is 2.05 bits per heavy atom. The molecule has 0 aliphatic carbocycles. The van der Waals surface area contributed by atoms with Crippen LogP contribution in [-0.2, 0) is 16.6 Å². The summed E-state index contributed by atoms with van der Waals surface area (Å²) < 4.78 is 24.4. The van der Waals surface area contributed by atoms with Gasteiger partial charge in [0.25, 0.3) is 0 Å². The van der Waals surface area contributed by atoms with E-state index < -0.39 is 10.0 Å². The van der Waals surface area contributed by atoms with E-state index in [1.54, 1.807) is 12.3 Å². The molecule has 2 rings (SSSR count). The maximum Gasteiger partial charge on any atom is 0.211 e. The summed E-state index contributed by atoms with van der Waals surface area (Å²) in [5, 5.41) is 7.38. The first kappa shape index (κ1) is 14.9. The van der Waals surface area contributed by atoms with E-state index in [4.69, 9.17) is 11.1 Å². The Labute approximate surface area is 119 Å². The van der Waals surface area contributed by atoms with Crippen LogP contribution in [0.5, 0.6) is 0 Å². The summed E-state index contributed by atoms with van der Waals surface area (Å²) in [6.45, 7) is 3.14. The summed E-state index contributed by atoms with van der Waals surface area (Å²) in [6.07, 6.45) is 2.88.